The van der Waals surface area contributed by atoms with E-state index in [4.69, 9.17) is 38.1 Å². The number of aromatic nitrogens is 3. The van der Waals surface area contributed by atoms with Crippen molar-refractivity contribution in [1.29, 1.82) is 0 Å². The summed E-state index contributed by atoms with van der Waals surface area (Å²) in [5.74, 6) is 0.638. The maximum Gasteiger partial charge on any atom is 0.313 e. The van der Waals surface area contributed by atoms with E-state index < -0.39 is 0 Å². The zero-order chi connectivity index (χ0) is 15.5. The summed E-state index contributed by atoms with van der Waals surface area (Å²) in [5, 5.41) is 8.33. The van der Waals surface area contributed by atoms with Crippen molar-refractivity contribution in [3.8, 4) is 17.3 Å². The van der Waals surface area contributed by atoms with Crippen LogP contribution in [0.1, 0.15) is 5.56 Å². The summed E-state index contributed by atoms with van der Waals surface area (Å²) < 4.78 is 10.7. The molecule has 2 heterocycles. The second kappa shape index (κ2) is 6.21. The van der Waals surface area contributed by atoms with Gasteiger partial charge in [0.05, 0.1) is 11.2 Å². The van der Waals surface area contributed by atoms with E-state index in [0.29, 0.717) is 28.1 Å². The highest BCUT2D eigenvalue weighted by Crippen LogP contribution is 2.28. The molecule has 0 saturated carbocycles. The van der Waals surface area contributed by atoms with Gasteiger partial charge < -0.3 is 14.9 Å². The Kier molecular flexibility index (Phi) is 4.13. The predicted octanol–water partition coefficient (Wildman–Crippen LogP) is 3.60. The highest BCUT2D eigenvalue weighted by molar-refractivity contribution is 6.32. The van der Waals surface area contributed by atoms with Crippen LogP contribution in [0.25, 0.3) is 11.6 Å². The minimum atomic E-state index is -0.0331. The molecule has 0 aliphatic rings. The molecule has 0 atom stereocenters. The first-order chi connectivity index (χ1) is 10.6. The summed E-state index contributed by atoms with van der Waals surface area (Å²) in [4.78, 5) is 4.17. The van der Waals surface area contributed by atoms with Crippen LogP contribution in [0.2, 0.25) is 10.0 Å². The third-order valence-electron chi connectivity index (χ3n) is 2.76. The molecule has 0 bridgehead atoms. The van der Waals surface area contributed by atoms with Gasteiger partial charge in [0.25, 0.3) is 5.89 Å². The average Bonchev–Trinajstić information content (AvgIpc) is 2.93. The SMILES string of the molecule is Nc1nnc(-c2cc(Cl)c(OCc3cccc(Cl)c3)cn2)o1. The molecule has 2 N–H and O–H groups in total. The van der Waals surface area contributed by atoms with E-state index in [2.05, 4.69) is 15.2 Å². The molecule has 0 spiro atoms. The normalized spacial score (nSPS) is 10.6. The van der Waals surface area contributed by atoms with Crippen molar-refractivity contribution in [2.45, 2.75) is 6.61 Å². The molecule has 0 amide bonds. The van der Waals surface area contributed by atoms with Crippen LogP contribution in [0.15, 0.2) is 40.9 Å². The van der Waals surface area contributed by atoms with E-state index in [0.717, 1.165) is 5.56 Å². The van der Waals surface area contributed by atoms with Crippen LogP contribution >= 0.6 is 23.2 Å². The fourth-order valence-corrected chi connectivity index (χ4v) is 2.19. The van der Waals surface area contributed by atoms with Crippen LogP contribution in [-0.2, 0) is 6.61 Å². The summed E-state index contributed by atoms with van der Waals surface area (Å²) in [7, 11) is 0. The lowest BCUT2D eigenvalue weighted by atomic mass is 10.2. The summed E-state index contributed by atoms with van der Waals surface area (Å²) in [6.45, 7) is 0.328. The second-order valence-corrected chi connectivity index (χ2v) is 5.21. The van der Waals surface area contributed by atoms with Gasteiger partial charge in [-0.05, 0) is 23.8 Å². The molecule has 22 heavy (non-hydrogen) atoms. The van der Waals surface area contributed by atoms with Crippen molar-refractivity contribution >= 4 is 29.2 Å². The molecule has 3 rings (SSSR count). The summed E-state index contributed by atoms with van der Waals surface area (Å²) in [6.07, 6.45) is 1.49. The number of ether oxygens (including phenoxy) is 1. The Balaban J connectivity index is 1.75. The number of nitrogens with two attached hydrogens (primary N) is 1. The number of hydrogen-bond acceptors (Lipinski definition) is 6. The highest BCUT2D eigenvalue weighted by atomic mass is 35.5. The van der Waals surface area contributed by atoms with E-state index >= 15 is 0 Å². The van der Waals surface area contributed by atoms with Crippen LogP contribution in [0.4, 0.5) is 6.01 Å². The van der Waals surface area contributed by atoms with Gasteiger partial charge in [0.2, 0.25) is 0 Å². The van der Waals surface area contributed by atoms with Gasteiger partial charge in [-0.3, -0.25) is 0 Å². The quantitative estimate of drug-likeness (QED) is 0.783. The molecule has 0 fully saturated rings. The van der Waals surface area contributed by atoms with Gasteiger partial charge in [0.15, 0.2) is 5.75 Å². The number of benzene rings is 1. The van der Waals surface area contributed by atoms with E-state index in [9.17, 15) is 0 Å². The maximum atomic E-state index is 6.17. The van der Waals surface area contributed by atoms with Crippen molar-refractivity contribution < 1.29 is 9.15 Å². The fraction of sp³-hybridized carbons (Fsp3) is 0.0714. The first-order valence-electron chi connectivity index (χ1n) is 6.24. The highest BCUT2D eigenvalue weighted by Gasteiger charge is 2.11. The molecule has 0 unspecified atom stereocenters. The van der Waals surface area contributed by atoms with Gasteiger partial charge in [0.1, 0.15) is 12.3 Å². The Morgan fingerprint density at radius 3 is 2.73 bits per heavy atom. The minimum Gasteiger partial charge on any atom is -0.486 e. The Morgan fingerprint density at radius 2 is 2.05 bits per heavy atom. The van der Waals surface area contributed by atoms with Crippen LogP contribution in [0.3, 0.4) is 0 Å². The van der Waals surface area contributed by atoms with Gasteiger partial charge >= 0.3 is 6.01 Å². The van der Waals surface area contributed by atoms with Crippen LogP contribution in [-0.4, -0.2) is 15.2 Å². The largest absolute Gasteiger partial charge is 0.486 e. The zero-order valence-corrected chi connectivity index (χ0v) is 12.7. The molecule has 6 nitrogen and oxygen atoms in total. The predicted molar refractivity (Wildman–Crippen MR) is 82.7 cm³/mol. The lowest BCUT2D eigenvalue weighted by Gasteiger charge is -2.08. The van der Waals surface area contributed by atoms with Crippen LogP contribution < -0.4 is 10.5 Å². The number of halogens is 2. The number of hydrogen-bond donors (Lipinski definition) is 1. The summed E-state index contributed by atoms with van der Waals surface area (Å²) >= 11 is 12.1. The van der Waals surface area contributed by atoms with Gasteiger partial charge in [-0.15, -0.1) is 5.10 Å². The van der Waals surface area contributed by atoms with E-state index in [1.165, 1.54) is 6.20 Å². The number of anilines is 1. The van der Waals surface area contributed by atoms with Crippen molar-refractivity contribution in [1.82, 2.24) is 15.2 Å². The van der Waals surface area contributed by atoms with Gasteiger partial charge in [-0.2, -0.15) is 0 Å². The Morgan fingerprint density at radius 1 is 1.18 bits per heavy atom. The molecule has 0 aliphatic heterocycles. The third-order valence-corrected chi connectivity index (χ3v) is 3.29. The van der Waals surface area contributed by atoms with Crippen molar-refractivity contribution in [3.05, 3.63) is 52.1 Å². The first kappa shape index (κ1) is 14.6. The minimum absolute atomic E-state index is 0.0331. The zero-order valence-electron chi connectivity index (χ0n) is 11.2. The molecule has 0 radical (unpaired) electrons. The van der Waals surface area contributed by atoms with E-state index in [1.54, 1.807) is 12.1 Å². The molecule has 0 aliphatic carbocycles. The molecular weight excluding hydrogens is 327 g/mol. The van der Waals surface area contributed by atoms with E-state index in [1.807, 2.05) is 18.2 Å². The first-order valence-corrected chi connectivity index (χ1v) is 6.99. The van der Waals surface area contributed by atoms with Crippen molar-refractivity contribution in [2.24, 2.45) is 0 Å². The average molecular weight is 337 g/mol. The number of nitrogens with zero attached hydrogens (tertiary/aromatic N) is 3. The number of pyridine rings is 1. The molecular formula is C14H10Cl2N4O2. The number of nitrogen functional groups attached to an aromatic ring is 1. The molecule has 1 aromatic carbocycles. The number of rotatable bonds is 4. The lowest BCUT2D eigenvalue weighted by Crippen LogP contribution is -1.97. The summed E-state index contributed by atoms with van der Waals surface area (Å²) in [6, 6.07) is 8.91. The standard InChI is InChI=1S/C14H10Cl2N4O2/c15-9-3-1-2-8(4-9)7-21-12-6-18-11(5-10(12)16)13-19-20-14(17)22-13/h1-6H,7H2,(H2,17,20). The second-order valence-electron chi connectivity index (χ2n) is 4.36. The van der Waals surface area contributed by atoms with Crippen molar-refractivity contribution in [2.75, 3.05) is 5.73 Å². The third kappa shape index (κ3) is 3.29. The Bertz CT molecular complexity index is 807. The molecule has 8 heteroatoms. The maximum absolute atomic E-state index is 6.17. The van der Waals surface area contributed by atoms with Crippen LogP contribution in [0.5, 0.6) is 5.75 Å². The smallest absolute Gasteiger partial charge is 0.313 e. The van der Waals surface area contributed by atoms with Gasteiger partial charge in [0, 0.05) is 5.02 Å². The van der Waals surface area contributed by atoms with Gasteiger partial charge in [-0.25, -0.2) is 4.98 Å². The Labute approximate surface area is 135 Å². The van der Waals surface area contributed by atoms with Crippen molar-refractivity contribution in [3.63, 3.8) is 0 Å². The molecule has 2 aromatic heterocycles. The molecule has 0 saturated heterocycles. The fourth-order valence-electron chi connectivity index (χ4n) is 1.77. The van der Waals surface area contributed by atoms with Gasteiger partial charge in [-0.1, -0.05) is 40.4 Å². The monoisotopic (exact) mass is 336 g/mol. The lowest BCUT2D eigenvalue weighted by molar-refractivity contribution is 0.305. The molecule has 3 aromatic rings. The molecule has 112 valence electrons. The van der Waals surface area contributed by atoms with E-state index in [-0.39, 0.29) is 11.9 Å². The summed E-state index contributed by atoms with van der Waals surface area (Å²) in [5.41, 5.74) is 6.72. The topological polar surface area (TPSA) is 87.1 Å². The van der Waals surface area contributed by atoms with Crippen LogP contribution in [0, 0.1) is 0 Å². The Hall–Kier alpha value is -2.31.